The van der Waals surface area contributed by atoms with Gasteiger partial charge in [-0.3, -0.25) is 0 Å². The molecule has 5 nitrogen and oxygen atoms in total. The van der Waals surface area contributed by atoms with Crippen molar-refractivity contribution in [3.8, 4) is 0 Å². The summed E-state index contributed by atoms with van der Waals surface area (Å²) >= 11 is 0. The van der Waals surface area contributed by atoms with Crippen LogP contribution in [0.15, 0.2) is 60.7 Å². The summed E-state index contributed by atoms with van der Waals surface area (Å²) in [5.74, 6) is 0.537. The second kappa shape index (κ2) is 5.85. The van der Waals surface area contributed by atoms with E-state index in [0.29, 0.717) is 18.7 Å². The Balaban J connectivity index is 1.92. The summed E-state index contributed by atoms with van der Waals surface area (Å²) in [6.07, 6.45) is 1.31. The fraction of sp³-hybridized carbons (Fsp3) is 0.188. The van der Waals surface area contributed by atoms with Crippen LogP contribution in [0, 0.1) is 0 Å². The lowest BCUT2D eigenvalue weighted by Gasteiger charge is -2.26. The van der Waals surface area contributed by atoms with Gasteiger partial charge in [-0.05, 0) is 24.0 Å². The summed E-state index contributed by atoms with van der Waals surface area (Å²) in [6, 6.07) is 20.3. The highest BCUT2D eigenvalue weighted by molar-refractivity contribution is 5.24. The van der Waals surface area contributed by atoms with E-state index in [2.05, 4.69) is 44.9 Å². The lowest BCUT2D eigenvalue weighted by atomic mass is 9.85. The monoisotopic (exact) mass is 279 g/mol. The van der Waals surface area contributed by atoms with Gasteiger partial charge < -0.3 is 5.73 Å². The summed E-state index contributed by atoms with van der Waals surface area (Å²) in [4.78, 5) is 0. The number of nitrogens with one attached hydrogen (secondary N) is 1. The van der Waals surface area contributed by atoms with E-state index in [1.54, 1.807) is 0 Å². The van der Waals surface area contributed by atoms with Crippen LogP contribution in [0.4, 0.5) is 0 Å². The predicted molar refractivity (Wildman–Crippen MR) is 80.3 cm³/mol. The molecule has 0 radical (unpaired) electrons. The minimum atomic E-state index is -0.685. The molecule has 106 valence electrons. The fourth-order valence-electron chi connectivity index (χ4n) is 2.51. The molecule has 0 aliphatic carbocycles. The maximum absolute atomic E-state index is 6.64. The number of nitrogens with zero attached hydrogens (tertiary/aromatic N) is 3. The zero-order valence-corrected chi connectivity index (χ0v) is 11.6. The quantitative estimate of drug-likeness (QED) is 0.746. The number of hydrogen-bond donors (Lipinski definition) is 2. The van der Waals surface area contributed by atoms with Crippen LogP contribution in [0.25, 0.3) is 0 Å². The molecule has 1 heterocycles. The van der Waals surface area contributed by atoms with E-state index < -0.39 is 5.54 Å². The molecule has 5 heteroatoms. The smallest absolute Gasteiger partial charge is 0.194 e. The second-order valence-corrected chi connectivity index (χ2v) is 5.22. The molecule has 0 spiro atoms. The first kappa shape index (κ1) is 13.5. The Hall–Kier alpha value is -2.53. The summed E-state index contributed by atoms with van der Waals surface area (Å²) in [5.41, 5.74) is 8.26. The molecule has 3 aromatic rings. The van der Waals surface area contributed by atoms with Crippen molar-refractivity contribution in [2.24, 2.45) is 5.73 Å². The lowest BCUT2D eigenvalue weighted by Crippen LogP contribution is -2.42. The molecule has 21 heavy (non-hydrogen) atoms. The Morgan fingerprint density at radius 2 is 1.38 bits per heavy atom. The van der Waals surface area contributed by atoms with Gasteiger partial charge in [0, 0.05) is 0 Å². The van der Waals surface area contributed by atoms with Gasteiger partial charge in [-0.2, -0.15) is 5.21 Å². The van der Waals surface area contributed by atoms with E-state index in [1.165, 1.54) is 0 Å². The highest BCUT2D eigenvalue weighted by Crippen LogP contribution is 2.24. The number of benzene rings is 2. The van der Waals surface area contributed by atoms with Crippen LogP contribution in [-0.2, 0) is 18.4 Å². The average Bonchev–Trinajstić information content (AvgIpc) is 3.04. The van der Waals surface area contributed by atoms with Crippen molar-refractivity contribution < 1.29 is 0 Å². The number of H-pyrrole nitrogens is 1. The van der Waals surface area contributed by atoms with Gasteiger partial charge in [-0.1, -0.05) is 65.9 Å². The van der Waals surface area contributed by atoms with Crippen molar-refractivity contribution in [3.63, 3.8) is 0 Å². The zero-order chi connectivity index (χ0) is 14.5. The third kappa shape index (κ3) is 3.14. The molecule has 1 aromatic heterocycles. The van der Waals surface area contributed by atoms with Crippen LogP contribution >= 0.6 is 0 Å². The first-order valence-corrected chi connectivity index (χ1v) is 6.87. The van der Waals surface area contributed by atoms with Gasteiger partial charge in [-0.25, -0.2) is 0 Å². The molecule has 0 unspecified atom stereocenters. The second-order valence-electron chi connectivity index (χ2n) is 5.22. The third-order valence-electron chi connectivity index (χ3n) is 3.52. The van der Waals surface area contributed by atoms with E-state index in [9.17, 15) is 0 Å². The molecule has 0 bridgehead atoms. The Bertz CT molecular complexity index is 623. The third-order valence-corrected chi connectivity index (χ3v) is 3.52. The molecular formula is C16H17N5. The summed E-state index contributed by atoms with van der Waals surface area (Å²) in [7, 11) is 0. The van der Waals surface area contributed by atoms with Crippen LogP contribution in [0.5, 0.6) is 0 Å². The van der Waals surface area contributed by atoms with Crippen molar-refractivity contribution in [2.75, 3.05) is 0 Å². The van der Waals surface area contributed by atoms with Gasteiger partial charge in [0.2, 0.25) is 0 Å². The Labute approximate surface area is 123 Å². The minimum Gasteiger partial charge on any atom is -0.318 e. The lowest BCUT2D eigenvalue weighted by molar-refractivity contribution is 0.410. The van der Waals surface area contributed by atoms with Crippen LogP contribution in [0.2, 0.25) is 0 Å². The largest absolute Gasteiger partial charge is 0.318 e. The Morgan fingerprint density at radius 3 is 1.81 bits per heavy atom. The SMILES string of the molecule is NC(Cc1ccccc1)(Cc1ccccc1)c1nn[nH]n1. The molecular weight excluding hydrogens is 262 g/mol. The predicted octanol–water partition coefficient (Wildman–Crippen LogP) is 1.84. The standard InChI is InChI=1S/C16H17N5/c17-16(15-18-20-21-19-15,11-13-7-3-1-4-8-13)12-14-9-5-2-6-10-14/h1-10H,11-12,17H2,(H,18,19,20,21). The van der Waals surface area contributed by atoms with Crippen LogP contribution < -0.4 is 5.73 Å². The molecule has 0 aliphatic rings. The number of tetrazole rings is 1. The Kier molecular flexibility index (Phi) is 3.75. The summed E-state index contributed by atoms with van der Waals surface area (Å²) < 4.78 is 0. The molecule has 0 atom stereocenters. The summed E-state index contributed by atoms with van der Waals surface area (Å²) in [6.45, 7) is 0. The van der Waals surface area contributed by atoms with Crippen molar-refractivity contribution in [1.82, 2.24) is 20.6 Å². The van der Waals surface area contributed by atoms with Gasteiger partial charge in [0.15, 0.2) is 5.82 Å². The maximum atomic E-state index is 6.64. The number of aromatic amines is 1. The normalized spacial score (nSPS) is 11.5. The van der Waals surface area contributed by atoms with Crippen LogP contribution in [0.3, 0.4) is 0 Å². The summed E-state index contributed by atoms with van der Waals surface area (Å²) in [5, 5.41) is 14.4. The topological polar surface area (TPSA) is 80.5 Å². The number of rotatable bonds is 5. The van der Waals surface area contributed by atoms with Gasteiger partial charge >= 0.3 is 0 Å². The van der Waals surface area contributed by atoms with E-state index in [-0.39, 0.29) is 0 Å². The molecule has 0 fully saturated rings. The number of aromatic nitrogens is 4. The van der Waals surface area contributed by atoms with E-state index in [1.807, 2.05) is 36.4 Å². The first-order valence-electron chi connectivity index (χ1n) is 6.87. The minimum absolute atomic E-state index is 0.537. The fourth-order valence-corrected chi connectivity index (χ4v) is 2.51. The Morgan fingerprint density at radius 1 is 0.857 bits per heavy atom. The highest BCUT2D eigenvalue weighted by atomic mass is 15.5. The van der Waals surface area contributed by atoms with Gasteiger partial charge in [0.1, 0.15) is 0 Å². The molecule has 0 saturated heterocycles. The zero-order valence-electron chi connectivity index (χ0n) is 11.6. The van der Waals surface area contributed by atoms with Crippen molar-refractivity contribution >= 4 is 0 Å². The number of nitrogens with two attached hydrogens (primary N) is 1. The van der Waals surface area contributed by atoms with E-state index in [0.717, 1.165) is 11.1 Å². The maximum Gasteiger partial charge on any atom is 0.194 e. The van der Waals surface area contributed by atoms with Crippen molar-refractivity contribution in [2.45, 2.75) is 18.4 Å². The van der Waals surface area contributed by atoms with Crippen molar-refractivity contribution in [3.05, 3.63) is 77.6 Å². The van der Waals surface area contributed by atoms with Crippen LogP contribution in [-0.4, -0.2) is 20.6 Å². The molecule has 3 N–H and O–H groups in total. The molecule has 2 aromatic carbocycles. The van der Waals surface area contributed by atoms with Gasteiger partial charge in [-0.15, -0.1) is 10.2 Å². The van der Waals surface area contributed by atoms with Crippen LogP contribution in [0.1, 0.15) is 17.0 Å². The molecule has 3 rings (SSSR count). The van der Waals surface area contributed by atoms with E-state index >= 15 is 0 Å². The van der Waals surface area contributed by atoms with Gasteiger partial charge in [0.25, 0.3) is 0 Å². The number of hydrogen-bond acceptors (Lipinski definition) is 4. The van der Waals surface area contributed by atoms with E-state index in [4.69, 9.17) is 5.73 Å². The first-order chi connectivity index (χ1) is 10.3. The molecule has 0 amide bonds. The highest BCUT2D eigenvalue weighted by Gasteiger charge is 2.32. The molecule has 0 aliphatic heterocycles. The average molecular weight is 279 g/mol. The molecule has 0 saturated carbocycles. The van der Waals surface area contributed by atoms with Gasteiger partial charge in [0.05, 0.1) is 5.54 Å². The van der Waals surface area contributed by atoms with Crippen molar-refractivity contribution in [1.29, 1.82) is 0 Å².